The fourth-order valence-electron chi connectivity index (χ4n) is 2.98. The Labute approximate surface area is 187 Å². The molecule has 4 aromatic rings. The highest BCUT2D eigenvalue weighted by atomic mass is 32.2. The summed E-state index contributed by atoms with van der Waals surface area (Å²) in [4.78, 5) is 18.1. The summed E-state index contributed by atoms with van der Waals surface area (Å²) in [5.41, 5.74) is 8.40. The number of carbonyl (C=O) groups excluding carboxylic acids is 1. The second-order valence-electron chi connectivity index (χ2n) is 6.50. The van der Waals surface area contributed by atoms with E-state index in [-0.39, 0.29) is 18.3 Å². The normalized spacial score (nSPS) is 10.9. The first-order chi connectivity index (χ1) is 15.1. The van der Waals surface area contributed by atoms with Gasteiger partial charge in [0, 0.05) is 16.1 Å². The number of hydrogen-bond donors (Lipinski definition) is 2. The Balaban J connectivity index is 1.57. The van der Waals surface area contributed by atoms with Crippen molar-refractivity contribution in [2.45, 2.75) is 16.5 Å². The monoisotopic (exact) mass is 452 g/mol. The van der Waals surface area contributed by atoms with Crippen LogP contribution >= 0.6 is 23.5 Å². The third-order valence-corrected chi connectivity index (χ3v) is 5.87. The van der Waals surface area contributed by atoms with E-state index >= 15 is 0 Å². The van der Waals surface area contributed by atoms with E-state index in [0.717, 1.165) is 16.1 Å². The van der Waals surface area contributed by atoms with E-state index in [1.54, 1.807) is 11.8 Å². The van der Waals surface area contributed by atoms with Crippen LogP contribution in [0.2, 0.25) is 0 Å². The molecule has 0 atom stereocenters. The van der Waals surface area contributed by atoms with Gasteiger partial charge in [-0.05, 0) is 30.7 Å². The molecule has 0 aliphatic carbocycles. The summed E-state index contributed by atoms with van der Waals surface area (Å²) in [6.45, 7) is -0.0391. The van der Waals surface area contributed by atoms with Crippen LogP contribution in [-0.2, 0) is 11.3 Å². The van der Waals surface area contributed by atoms with Gasteiger partial charge in [0.1, 0.15) is 23.0 Å². The van der Waals surface area contributed by atoms with Crippen LogP contribution < -0.4 is 11.1 Å². The van der Waals surface area contributed by atoms with Gasteiger partial charge in [-0.15, -0.1) is 23.5 Å². The molecule has 1 amide bonds. The fourth-order valence-corrected chi connectivity index (χ4v) is 4.02. The number of thioether (sulfide) groups is 2. The summed E-state index contributed by atoms with van der Waals surface area (Å²) in [6, 6.07) is 17.1. The number of anilines is 2. The molecular weight excluding hydrogens is 432 g/mol. The Morgan fingerprint density at radius 3 is 2.68 bits per heavy atom. The number of nitrogens with zero attached hydrogens (tertiary/aromatic N) is 4. The molecule has 0 saturated heterocycles. The zero-order valence-corrected chi connectivity index (χ0v) is 18.5. The fraction of sp³-hybridized carbons (Fsp3) is 0.143. The first-order valence-corrected chi connectivity index (χ1v) is 11.8. The molecule has 8 nitrogen and oxygen atoms in total. The van der Waals surface area contributed by atoms with Crippen LogP contribution in [0.5, 0.6) is 0 Å². The topological polar surface area (TPSA) is 112 Å². The number of rotatable bonds is 7. The predicted molar refractivity (Wildman–Crippen MR) is 124 cm³/mol. The van der Waals surface area contributed by atoms with Crippen molar-refractivity contribution in [2.24, 2.45) is 0 Å². The summed E-state index contributed by atoms with van der Waals surface area (Å²) in [5, 5.41) is 12.0. The maximum atomic E-state index is 12.6. The Morgan fingerprint density at radius 2 is 1.94 bits per heavy atom. The minimum Gasteiger partial charge on any atom is -0.383 e. The van der Waals surface area contributed by atoms with E-state index in [9.17, 15) is 4.79 Å². The molecule has 0 fully saturated rings. The summed E-state index contributed by atoms with van der Waals surface area (Å²) in [5.74, 6) is 0.782. The lowest BCUT2D eigenvalue weighted by Crippen LogP contribution is -2.20. The molecule has 3 N–H and O–H groups in total. The van der Waals surface area contributed by atoms with E-state index < -0.39 is 0 Å². The summed E-state index contributed by atoms with van der Waals surface area (Å²) < 4.78 is 6.90. The highest BCUT2D eigenvalue weighted by Crippen LogP contribution is 2.34. The molecule has 4 rings (SSSR count). The van der Waals surface area contributed by atoms with Crippen LogP contribution in [-0.4, -0.2) is 38.3 Å². The van der Waals surface area contributed by atoms with Gasteiger partial charge < -0.3 is 15.6 Å². The lowest BCUT2D eigenvalue weighted by molar-refractivity contribution is -0.116. The quantitative estimate of drug-likeness (QED) is 0.400. The third-order valence-electron chi connectivity index (χ3n) is 4.47. The van der Waals surface area contributed by atoms with Crippen LogP contribution in [0.4, 0.5) is 11.5 Å². The number of nitrogen functional groups attached to an aromatic ring is 1. The lowest BCUT2D eigenvalue weighted by atomic mass is 10.2. The maximum Gasteiger partial charge on any atom is 0.264 e. The summed E-state index contributed by atoms with van der Waals surface area (Å²) in [7, 11) is 0. The van der Waals surface area contributed by atoms with Crippen molar-refractivity contribution in [2.75, 3.05) is 23.6 Å². The summed E-state index contributed by atoms with van der Waals surface area (Å²) >= 11 is 3.00. The van der Waals surface area contributed by atoms with Crippen molar-refractivity contribution in [1.82, 2.24) is 19.9 Å². The van der Waals surface area contributed by atoms with Crippen molar-refractivity contribution in [3.05, 3.63) is 54.6 Å². The molecule has 10 heteroatoms. The minimum atomic E-state index is -0.234. The zero-order valence-electron chi connectivity index (χ0n) is 16.9. The number of carbonyl (C=O) groups is 1. The standard InChI is InChI=1S/C21H20N6O2S2/c1-30-15-10-6-9-14(11-15)23-16(28)12-27-18(22)17(21(25-27)31-2)20-24-19(26-29-20)13-7-4-3-5-8-13/h3-11H,12,22H2,1-2H3,(H,23,28). The van der Waals surface area contributed by atoms with E-state index in [1.165, 1.54) is 16.4 Å². The Morgan fingerprint density at radius 1 is 1.13 bits per heavy atom. The number of aromatic nitrogens is 4. The van der Waals surface area contributed by atoms with Crippen LogP contribution in [0.25, 0.3) is 22.8 Å². The van der Waals surface area contributed by atoms with Gasteiger partial charge >= 0.3 is 0 Å². The molecule has 0 aliphatic rings. The maximum absolute atomic E-state index is 12.6. The molecule has 158 valence electrons. The highest BCUT2D eigenvalue weighted by Gasteiger charge is 2.23. The third kappa shape index (κ3) is 4.59. The molecule has 0 saturated carbocycles. The van der Waals surface area contributed by atoms with Crippen LogP contribution in [0.15, 0.2) is 69.0 Å². The first kappa shape index (κ1) is 21.0. The van der Waals surface area contributed by atoms with Crippen LogP contribution in [0.3, 0.4) is 0 Å². The second-order valence-corrected chi connectivity index (χ2v) is 8.17. The smallest absolute Gasteiger partial charge is 0.264 e. The number of amides is 1. The first-order valence-electron chi connectivity index (χ1n) is 9.32. The van der Waals surface area contributed by atoms with E-state index in [0.29, 0.717) is 22.2 Å². The molecule has 0 radical (unpaired) electrons. The second kappa shape index (κ2) is 9.27. The van der Waals surface area contributed by atoms with Gasteiger partial charge in [0.15, 0.2) is 0 Å². The highest BCUT2D eigenvalue weighted by molar-refractivity contribution is 7.98. The largest absolute Gasteiger partial charge is 0.383 e. The average Bonchev–Trinajstić information content (AvgIpc) is 3.39. The van der Waals surface area contributed by atoms with Crippen molar-refractivity contribution in [3.63, 3.8) is 0 Å². The van der Waals surface area contributed by atoms with Gasteiger partial charge in [0.05, 0.1) is 0 Å². The molecule has 0 unspecified atom stereocenters. The predicted octanol–water partition coefficient (Wildman–Crippen LogP) is 4.26. The molecule has 31 heavy (non-hydrogen) atoms. The van der Waals surface area contributed by atoms with Gasteiger partial charge in [0.2, 0.25) is 11.7 Å². The molecule has 2 heterocycles. The number of nitrogens with one attached hydrogen (secondary N) is 1. The number of nitrogens with two attached hydrogens (primary N) is 1. The molecule has 2 aromatic carbocycles. The van der Waals surface area contributed by atoms with Crippen molar-refractivity contribution >= 4 is 40.9 Å². The summed E-state index contributed by atoms with van der Waals surface area (Å²) in [6.07, 6.45) is 3.86. The Kier molecular flexibility index (Phi) is 6.28. The molecule has 0 spiro atoms. The van der Waals surface area contributed by atoms with Gasteiger partial charge in [-0.2, -0.15) is 10.1 Å². The Hall–Kier alpha value is -3.24. The van der Waals surface area contributed by atoms with Crippen LogP contribution in [0, 0.1) is 0 Å². The van der Waals surface area contributed by atoms with E-state index in [1.807, 2.05) is 67.1 Å². The number of benzene rings is 2. The van der Waals surface area contributed by atoms with E-state index in [4.69, 9.17) is 10.3 Å². The lowest BCUT2D eigenvalue weighted by Gasteiger charge is -2.07. The number of hydrogen-bond acceptors (Lipinski definition) is 8. The van der Waals surface area contributed by atoms with Crippen molar-refractivity contribution < 1.29 is 9.32 Å². The Bertz CT molecular complexity index is 1210. The molecule has 0 aliphatic heterocycles. The molecular formula is C21H20N6O2S2. The van der Waals surface area contributed by atoms with Crippen molar-refractivity contribution in [3.8, 4) is 22.8 Å². The minimum absolute atomic E-state index is 0.0391. The average molecular weight is 453 g/mol. The van der Waals surface area contributed by atoms with Gasteiger partial charge in [-0.25, -0.2) is 4.68 Å². The SMILES string of the molecule is CSc1cccc(NC(=O)Cn2nc(SC)c(-c3nc(-c4ccccc4)no3)c2N)c1. The van der Waals surface area contributed by atoms with Crippen molar-refractivity contribution in [1.29, 1.82) is 0 Å². The molecule has 0 bridgehead atoms. The van der Waals surface area contributed by atoms with E-state index in [2.05, 4.69) is 20.6 Å². The van der Waals surface area contributed by atoms with Gasteiger partial charge in [-0.1, -0.05) is 41.6 Å². The van der Waals surface area contributed by atoms with Gasteiger partial charge in [-0.3, -0.25) is 4.79 Å². The molecule has 2 aromatic heterocycles. The van der Waals surface area contributed by atoms with Gasteiger partial charge in [0.25, 0.3) is 5.89 Å². The van der Waals surface area contributed by atoms with Crippen LogP contribution in [0.1, 0.15) is 0 Å². The zero-order chi connectivity index (χ0) is 21.8.